The molecule has 0 radical (unpaired) electrons. The number of piperazine rings is 1. The molecule has 0 aliphatic carbocycles. The van der Waals surface area contributed by atoms with Crippen LogP contribution in [-0.2, 0) is 22.7 Å². The van der Waals surface area contributed by atoms with Crippen LogP contribution in [0.25, 0.3) is 0 Å². The zero-order valence-corrected chi connectivity index (χ0v) is 17.5. The molecule has 5 heteroatoms. The lowest BCUT2D eigenvalue weighted by Crippen LogP contribution is -2.47. The highest BCUT2D eigenvalue weighted by atomic mass is 16.5. The predicted molar refractivity (Wildman–Crippen MR) is 117 cm³/mol. The van der Waals surface area contributed by atoms with Crippen molar-refractivity contribution in [2.24, 2.45) is 0 Å². The number of benzene rings is 2. The fourth-order valence-corrected chi connectivity index (χ4v) is 3.53. The summed E-state index contributed by atoms with van der Waals surface area (Å²) in [4.78, 5) is 19.2. The Balaban J connectivity index is 1.25. The lowest BCUT2D eigenvalue weighted by atomic mass is 10.2. The van der Waals surface area contributed by atoms with Crippen molar-refractivity contribution in [3.05, 3.63) is 71.8 Å². The Kier molecular flexibility index (Phi) is 8.68. The van der Waals surface area contributed by atoms with Gasteiger partial charge < -0.3 is 9.64 Å². The van der Waals surface area contributed by atoms with Gasteiger partial charge in [0.15, 0.2) is 0 Å². The van der Waals surface area contributed by atoms with Crippen molar-refractivity contribution in [2.45, 2.75) is 19.6 Å². The van der Waals surface area contributed by atoms with Gasteiger partial charge in [-0.3, -0.25) is 14.6 Å². The van der Waals surface area contributed by atoms with Crippen LogP contribution in [0.1, 0.15) is 17.5 Å². The number of carbonyl (C=O) groups excluding carboxylic acids is 1. The predicted octanol–water partition coefficient (Wildman–Crippen LogP) is 2.87. The van der Waals surface area contributed by atoms with E-state index in [-0.39, 0.29) is 5.97 Å². The molecule has 1 fully saturated rings. The van der Waals surface area contributed by atoms with Gasteiger partial charge in [0.2, 0.25) is 0 Å². The van der Waals surface area contributed by atoms with E-state index < -0.39 is 0 Å². The molecule has 0 bridgehead atoms. The van der Waals surface area contributed by atoms with Crippen LogP contribution in [0.5, 0.6) is 0 Å². The number of likely N-dealkylation sites (N-methyl/N-ethyl adjacent to an activating group) is 1. The lowest BCUT2D eigenvalue weighted by Gasteiger charge is -2.35. The van der Waals surface area contributed by atoms with E-state index in [9.17, 15) is 4.79 Å². The van der Waals surface area contributed by atoms with Crippen LogP contribution in [0.15, 0.2) is 60.7 Å². The van der Waals surface area contributed by atoms with Crippen molar-refractivity contribution in [3.8, 4) is 0 Å². The summed E-state index contributed by atoms with van der Waals surface area (Å²) < 4.78 is 5.35. The maximum atomic E-state index is 11.9. The Morgan fingerprint density at radius 3 is 2.10 bits per heavy atom. The first-order chi connectivity index (χ1) is 14.2. The molecule has 5 nitrogen and oxygen atoms in total. The monoisotopic (exact) mass is 395 g/mol. The summed E-state index contributed by atoms with van der Waals surface area (Å²) in [7, 11) is 2.08. The van der Waals surface area contributed by atoms with E-state index in [0.717, 1.165) is 57.9 Å². The molecule has 2 aromatic carbocycles. The van der Waals surface area contributed by atoms with Crippen LogP contribution in [0.3, 0.4) is 0 Å². The number of nitrogens with zero attached hydrogens (tertiary/aromatic N) is 3. The van der Waals surface area contributed by atoms with Crippen LogP contribution in [-0.4, -0.2) is 73.5 Å². The molecule has 156 valence electrons. The average Bonchev–Trinajstić information content (AvgIpc) is 2.77. The second-order valence-electron chi connectivity index (χ2n) is 7.80. The molecule has 0 amide bonds. The van der Waals surface area contributed by atoms with Gasteiger partial charge in [0.05, 0.1) is 6.42 Å². The maximum Gasteiger partial charge on any atom is 0.307 e. The highest BCUT2D eigenvalue weighted by Crippen LogP contribution is 2.08. The van der Waals surface area contributed by atoms with Crippen molar-refractivity contribution < 1.29 is 9.53 Å². The number of hydrogen-bond donors (Lipinski definition) is 0. The molecule has 0 atom stereocenters. The molecule has 0 aromatic heterocycles. The van der Waals surface area contributed by atoms with Crippen LogP contribution in [0, 0.1) is 0 Å². The van der Waals surface area contributed by atoms with Crippen LogP contribution >= 0.6 is 0 Å². The lowest BCUT2D eigenvalue weighted by molar-refractivity contribution is -0.145. The Bertz CT molecular complexity index is 715. The van der Waals surface area contributed by atoms with Gasteiger partial charge in [-0.05, 0) is 18.2 Å². The maximum absolute atomic E-state index is 11.9. The van der Waals surface area contributed by atoms with Gasteiger partial charge in [0.25, 0.3) is 0 Å². The molecule has 29 heavy (non-hydrogen) atoms. The van der Waals surface area contributed by atoms with E-state index in [0.29, 0.717) is 13.0 Å². The van der Waals surface area contributed by atoms with E-state index in [2.05, 4.69) is 52.1 Å². The minimum atomic E-state index is -0.129. The summed E-state index contributed by atoms with van der Waals surface area (Å²) in [5.74, 6) is -0.129. The summed E-state index contributed by atoms with van der Waals surface area (Å²) in [6.07, 6.45) is 0.439. The van der Waals surface area contributed by atoms with Gasteiger partial charge in [-0.25, -0.2) is 0 Å². The second-order valence-corrected chi connectivity index (χ2v) is 7.80. The smallest absolute Gasteiger partial charge is 0.307 e. The molecule has 3 rings (SSSR count). The van der Waals surface area contributed by atoms with Gasteiger partial charge in [-0.15, -0.1) is 0 Å². The number of rotatable bonds is 10. The Labute approximate surface area is 174 Å². The number of esters is 1. The Morgan fingerprint density at radius 1 is 0.862 bits per heavy atom. The molecule has 0 spiro atoms. The van der Waals surface area contributed by atoms with Gasteiger partial charge in [-0.2, -0.15) is 0 Å². The third-order valence-corrected chi connectivity index (χ3v) is 5.45. The first-order valence-corrected chi connectivity index (χ1v) is 10.6. The van der Waals surface area contributed by atoms with E-state index in [1.54, 1.807) is 0 Å². The third kappa shape index (κ3) is 7.97. The summed E-state index contributed by atoms with van der Waals surface area (Å²) in [5, 5.41) is 0. The molecular formula is C24H33N3O2. The van der Waals surface area contributed by atoms with Crippen molar-refractivity contribution in [1.82, 2.24) is 14.7 Å². The van der Waals surface area contributed by atoms with Crippen LogP contribution in [0.2, 0.25) is 0 Å². The topological polar surface area (TPSA) is 36.0 Å². The number of carbonyl (C=O) groups is 1. The molecule has 1 aliphatic heterocycles. The average molecular weight is 396 g/mol. The standard InChI is InChI=1S/C24H33N3O2/c1-25(13-12-24(28)29-21-23-10-6-3-7-11-23)14-15-26-16-18-27(19-17-26)20-22-8-4-2-5-9-22/h2-11H,12-21H2,1H3. The first kappa shape index (κ1) is 21.5. The van der Waals surface area contributed by atoms with Gasteiger partial charge in [-0.1, -0.05) is 60.7 Å². The SMILES string of the molecule is CN(CCC(=O)OCc1ccccc1)CCN1CCN(Cc2ccccc2)CC1. The Morgan fingerprint density at radius 2 is 1.45 bits per heavy atom. The second kappa shape index (κ2) is 11.7. The van der Waals surface area contributed by atoms with Gasteiger partial charge >= 0.3 is 5.97 Å². The minimum absolute atomic E-state index is 0.129. The first-order valence-electron chi connectivity index (χ1n) is 10.6. The van der Waals surface area contributed by atoms with Crippen LogP contribution in [0.4, 0.5) is 0 Å². The largest absolute Gasteiger partial charge is 0.461 e. The van der Waals surface area contributed by atoms with Crippen molar-refractivity contribution in [2.75, 3.05) is 52.9 Å². The van der Waals surface area contributed by atoms with Crippen molar-refractivity contribution in [1.29, 1.82) is 0 Å². The highest BCUT2D eigenvalue weighted by molar-refractivity contribution is 5.69. The molecule has 1 saturated heterocycles. The fourth-order valence-electron chi connectivity index (χ4n) is 3.53. The summed E-state index contributed by atoms with van der Waals surface area (Å²) in [6.45, 7) is 8.62. The van der Waals surface area contributed by atoms with E-state index in [1.165, 1.54) is 5.56 Å². The normalized spacial score (nSPS) is 15.5. The van der Waals surface area contributed by atoms with E-state index in [1.807, 2.05) is 30.3 Å². The molecular weight excluding hydrogens is 362 g/mol. The number of ether oxygens (including phenoxy) is 1. The quantitative estimate of drug-likeness (QED) is 0.578. The highest BCUT2D eigenvalue weighted by Gasteiger charge is 2.17. The molecule has 2 aromatic rings. The van der Waals surface area contributed by atoms with E-state index >= 15 is 0 Å². The molecule has 1 heterocycles. The van der Waals surface area contributed by atoms with Gasteiger partial charge in [0.1, 0.15) is 6.61 Å². The molecule has 0 unspecified atom stereocenters. The van der Waals surface area contributed by atoms with Crippen LogP contribution < -0.4 is 0 Å². The molecule has 0 N–H and O–H groups in total. The molecule has 0 saturated carbocycles. The fraction of sp³-hybridized carbons (Fsp3) is 0.458. The van der Waals surface area contributed by atoms with Crippen molar-refractivity contribution in [3.63, 3.8) is 0 Å². The van der Waals surface area contributed by atoms with Gasteiger partial charge in [0, 0.05) is 52.4 Å². The zero-order valence-electron chi connectivity index (χ0n) is 17.5. The zero-order chi connectivity index (χ0) is 20.3. The number of hydrogen-bond acceptors (Lipinski definition) is 5. The summed E-state index contributed by atoms with van der Waals surface area (Å²) >= 11 is 0. The van der Waals surface area contributed by atoms with E-state index in [4.69, 9.17) is 4.74 Å². The third-order valence-electron chi connectivity index (χ3n) is 5.45. The molecule has 1 aliphatic rings. The summed E-state index contributed by atoms with van der Waals surface area (Å²) in [6, 6.07) is 20.5. The summed E-state index contributed by atoms with van der Waals surface area (Å²) in [5.41, 5.74) is 2.42. The minimum Gasteiger partial charge on any atom is -0.461 e. The Hall–Kier alpha value is -2.21. The van der Waals surface area contributed by atoms with Crippen molar-refractivity contribution >= 4 is 5.97 Å².